The van der Waals surface area contributed by atoms with Crippen LogP contribution in [0.3, 0.4) is 0 Å². The van der Waals surface area contributed by atoms with Gasteiger partial charge in [0.1, 0.15) is 11.6 Å². The maximum absolute atomic E-state index is 12.8. The zero-order chi connectivity index (χ0) is 10.0. The third-order valence-corrected chi connectivity index (χ3v) is 1.59. The molecule has 1 amide bonds. The predicted octanol–water partition coefficient (Wildman–Crippen LogP) is 0.515. The number of nitrogens with two attached hydrogens (primary N) is 2. The Morgan fingerprint density at radius 2 is 2.15 bits per heavy atom. The Labute approximate surface area is 74.3 Å². The number of nitrogen functional groups attached to an aromatic ring is 1. The molecule has 0 spiro atoms. The average molecular weight is 184 g/mol. The summed E-state index contributed by atoms with van der Waals surface area (Å²) in [7, 11) is 1.33. The normalized spacial score (nSPS) is 9.69. The molecule has 0 saturated carbocycles. The number of primary amides is 1. The summed E-state index contributed by atoms with van der Waals surface area (Å²) < 4.78 is 17.6. The van der Waals surface area contributed by atoms with Crippen LogP contribution in [0.5, 0.6) is 5.75 Å². The van der Waals surface area contributed by atoms with Gasteiger partial charge in [0.25, 0.3) is 5.91 Å². The molecule has 1 rings (SSSR count). The monoisotopic (exact) mass is 184 g/mol. The fourth-order valence-electron chi connectivity index (χ4n) is 0.966. The summed E-state index contributed by atoms with van der Waals surface area (Å²) in [5.41, 5.74) is 10.4. The summed E-state index contributed by atoms with van der Waals surface area (Å²) in [5.74, 6) is -1.29. The Bertz CT molecular complexity index is 352. The highest BCUT2D eigenvalue weighted by Crippen LogP contribution is 2.26. The number of anilines is 1. The smallest absolute Gasteiger partial charge is 0.251 e. The Morgan fingerprint density at radius 3 is 2.62 bits per heavy atom. The van der Waals surface area contributed by atoms with E-state index in [9.17, 15) is 9.18 Å². The van der Waals surface area contributed by atoms with Crippen molar-refractivity contribution in [2.24, 2.45) is 5.73 Å². The first kappa shape index (κ1) is 9.31. The highest BCUT2D eigenvalue weighted by Gasteiger charge is 2.12. The number of rotatable bonds is 2. The first-order valence-electron chi connectivity index (χ1n) is 3.49. The van der Waals surface area contributed by atoms with Crippen LogP contribution in [0.15, 0.2) is 12.1 Å². The lowest BCUT2D eigenvalue weighted by Gasteiger charge is -2.07. The van der Waals surface area contributed by atoms with Crippen molar-refractivity contribution in [3.63, 3.8) is 0 Å². The number of carbonyl (C=O) groups excluding carboxylic acids is 1. The van der Waals surface area contributed by atoms with Gasteiger partial charge in [-0.3, -0.25) is 4.79 Å². The molecule has 0 aromatic heterocycles. The standard InChI is InChI=1S/C8H9FN2O2/c1-13-6-3-4(9)2-5(7(6)10)8(11)12/h2-3H,10H2,1H3,(H2,11,12). The van der Waals surface area contributed by atoms with Crippen LogP contribution in [0.1, 0.15) is 10.4 Å². The zero-order valence-electron chi connectivity index (χ0n) is 7.00. The van der Waals surface area contributed by atoms with Crippen LogP contribution in [-0.2, 0) is 0 Å². The fraction of sp³-hybridized carbons (Fsp3) is 0.125. The predicted molar refractivity (Wildman–Crippen MR) is 45.9 cm³/mol. The van der Waals surface area contributed by atoms with Crippen molar-refractivity contribution in [2.45, 2.75) is 0 Å². The van der Waals surface area contributed by atoms with Gasteiger partial charge in [-0.25, -0.2) is 4.39 Å². The highest BCUT2D eigenvalue weighted by molar-refractivity contribution is 5.99. The molecule has 13 heavy (non-hydrogen) atoms. The Kier molecular flexibility index (Phi) is 2.36. The van der Waals surface area contributed by atoms with Gasteiger partial charge in [-0.2, -0.15) is 0 Å². The van der Waals surface area contributed by atoms with Crippen molar-refractivity contribution in [3.05, 3.63) is 23.5 Å². The van der Waals surface area contributed by atoms with E-state index in [2.05, 4.69) is 0 Å². The number of ether oxygens (including phenoxy) is 1. The number of methoxy groups -OCH3 is 1. The maximum atomic E-state index is 12.8. The topological polar surface area (TPSA) is 78.3 Å². The van der Waals surface area contributed by atoms with Gasteiger partial charge in [-0.15, -0.1) is 0 Å². The van der Waals surface area contributed by atoms with Gasteiger partial charge < -0.3 is 16.2 Å². The molecule has 0 aliphatic heterocycles. The summed E-state index contributed by atoms with van der Waals surface area (Å²) >= 11 is 0. The van der Waals surface area contributed by atoms with Gasteiger partial charge in [0.15, 0.2) is 0 Å². The molecule has 0 radical (unpaired) electrons. The van der Waals surface area contributed by atoms with Crippen LogP contribution in [0.25, 0.3) is 0 Å². The highest BCUT2D eigenvalue weighted by atomic mass is 19.1. The molecule has 0 aliphatic rings. The van der Waals surface area contributed by atoms with Crippen LogP contribution in [0, 0.1) is 5.82 Å². The van der Waals surface area contributed by atoms with E-state index in [1.807, 2.05) is 0 Å². The largest absolute Gasteiger partial charge is 0.494 e. The molecule has 0 unspecified atom stereocenters. The van der Waals surface area contributed by atoms with Crippen molar-refractivity contribution in [1.82, 2.24) is 0 Å². The minimum atomic E-state index is -0.782. The molecule has 1 aromatic rings. The Hall–Kier alpha value is -1.78. The van der Waals surface area contributed by atoms with E-state index in [1.165, 1.54) is 7.11 Å². The van der Waals surface area contributed by atoms with Crippen LogP contribution in [0.4, 0.5) is 10.1 Å². The quantitative estimate of drug-likeness (QED) is 0.657. The molecule has 0 atom stereocenters. The van der Waals surface area contributed by atoms with Crippen LogP contribution in [0.2, 0.25) is 0 Å². The van der Waals surface area contributed by atoms with Gasteiger partial charge in [0.2, 0.25) is 0 Å². The molecule has 0 fully saturated rings. The molecule has 0 heterocycles. The van der Waals surface area contributed by atoms with Crippen LogP contribution >= 0.6 is 0 Å². The molecule has 5 heteroatoms. The fourth-order valence-corrected chi connectivity index (χ4v) is 0.966. The second kappa shape index (κ2) is 3.30. The van der Waals surface area contributed by atoms with Gasteiger partial charge >= 0.3 is 0 Å². The molecular formula is C8H9FN2O2. The van der Waals surface area contributed by atoms with Crippen LogP contribution in [-0.4, -0.2) is 13.0 Å². The lowest BCUT2D eigenvalue weighted by Crippen LogP contribution is -2.14. The molecule has 0 bridgehead atoms. The minimum absolute atomic E-state index is 0.0522. The third-order valence-electron chi connectivity index (χ3n) is 1.59. The second-order valence-electron chi connectivity index (χ2n) is 2.43. The minimum Gasteiger partial charge on any atom is -0.494 e. The van der Waals surface area contributed by atoms with Crippen molar-refractivity contribution in [2.75, 3.05) is 12.8 Å². The summed E-state index contributed by atoms with van der Waals surface area (Å²) in [4.78, 5) is 10.8. The molecule has 1 aromatic carbocycles. The third kappa shape index (κ3) is 1.69. The number of amides is 1. The van der Waals surface area contributed by atoms with Gasteiger partial charge in [0, 0.05) is 6.07 Å². The van der Waals surface area contributed by atoms with E-state index in [4.69, 9.17) is 16.2 Å². The van der Waals surface area contributed by atoms with Gasteiger partial charge in [-0.05, 0) is 6.07 Å². The number of benzene rings is 1. The SMILES string of the molecule is COc1cc(F)cc(C(N)=O)c1N. The molecule has 0 saturated heterocycles. The Balaban J connectivity index is 3.35. The maximum Gasteiger partial charge on any atom is 0.251 e. The molecular weight excluding hydrogens is 175 g/mol. The summed E-state index contributed by atoms with van der Waals surface area (Å²) in [6, 6.07) is 2.06. The first-order valence-corrected chi connectivity index (χ1v) is 3.49. The average Bonchev–Trinajstić information content (AvgIpc) is 2.08. The molecule has 4 nitrogen and oxygen atoms in total. The van der Waals surface area contributed by atoms with Crippen molar-refractivity contribution in [1.29, 1.82) is 0 Å². The van der Waals surface area contributed by atoms with Gasteiger partial charge in [0.05, 0.1) is 18.4 Å². The lowest BCUT2D eigenvalue weighted by molar-refractivity contribution is 0.100. The number of halogens is 1. The summed E-state index contributed by atoms with van der Waals surface area (Å²) in [6.45, 7) is 0. The van der Waals surface area contributed by atoms with E-state index in [0.717, 1.165) is 12.1 Å². The number of carbonyl (C=O) groups is 1. The van der Waals surface area contributed by atoms with E-state index < -0.39 is 11.7 Å². The van der Waals surface area contributed by atoms with Gasteiger partial charge in [-0.1, -0.05) is 0 Å². The van der Waals surface area contributed by atoms with E-state index in [-0.39, 0.29) is 17.0 Å². The molecule has 70 valence electrons. The van der Waals surface area contributed by atoms with E-state index >= 15 is 0 Å². The molecule has 4 N–H and O–H groups in total. The van der Waals surface area contributed by atoms with Crippen molar-refractivity contribution >= 4 is 11.6 Å². The second-order valence-corrected chi connectivity index (χ2v) is 2.43. The first-order chi connectivity index (χ1) is 6.06. The lowest BCUT2D eigenvalue weighted by atomic mass is 10.1. The van der Waals surface area contributed by atoms with E-state index in [0.29, 0.717) is 0 Å². The number of hydrogen-bond acceptors (Lipinski definition) is 3. The number of hydrogen-bond donors (Lipinski definition) is 2. The summed E-state index contributed by atoms with van der Waals surface area (Å²) in [5, 5.41) is 0. The van der Waals surface area contributed by atoms with Crippen LogP contribution < -0.4 is 16.2 Å². The Morgan fingerprint density at radius 1 is 1.54 bits per heavy atom. The summed E-state index contributed by atoms with van der Waals surface area (Å²) in [6.07, 6.45) is 0. The van der Waals surface area contributed by atoms with Crippen molar-refractivity contribution < 1.29 is 13.9 Å². The van der Waals surface area contributed by atoms with E-state index in [1.54, 1.807) is 0 Å². The van der Waals surface area contributed by atoms with Crippen molar-refractivity contribution in [3.8, 4) is 5.75 Å². The zero-order valence-corrected chi connectivity index (χ0v) is 7.00. The molecule has 0 aliphatic carbocycles.